The lowest BCUT2D eigenvalue weighted by atomic mass is 10.2. The first kappa shape index (κ1) is 14.5. The van der Waals surface area contributed by atoms with E-state index in [4.69, 9.17) is 5.11 Å². The Bertz CT molecular complexity index is 655. The van der Waals surface area contributed by atoms with Crippen molar-refractivity contribution >= 4 is 21.9 Å². The second kappa shape index (κ2) is 5.23. The number of carboxylic acids is 1. The molecule has 2 rings (SSSR count). The van der Waals surface area contributed by atoms with E-state index in [2.05, 4.69) is 26.2 Å². The van der Waals surface area contributed by atoms with Crippen LogP contribution in [0.2, 0.25) is 0 Å². The lowest BCUT2D eigenvalue weighted by molar-refractivity contribution is -0.138. The van der Waals surface area contributed by atoms with E-state index in [1.165, 1.54) is 12.3 Å². The molecule has 1 aromatic carbocycles. The standard InChI is InChI=1S/C11H7BrF3N3O2/c12-7-1-6(11(13,14)15)2-8(3-7)18-9(4-10(19)20)5-16-17-18/h1-3,5H,4H2,(H,19,20). The molecule has 2 aromatic rings. The van der Waals surface area contributed by atoms with E-state index >= 15 is 0 Å². The third kappa shape index (κ3) is 3.16. The number of rotatable bonds is 3. The van der Waals surface area contributed by atoms with Gasteiger partial charge in [-0.05, 0) is 18.2 Å². The number of hydrogen-bond acceptors (Lipinski definition) is 3. The molecule has 0 amide bonds. The third-order valence-corrected chi connectivity index (χ3v) is 2.86. The van der Waals surface area contributed by atoms with Crippen molar-refractivity contribution in [3.05, 3.63) is 40.1 Å². The second-order valence-electron chi connectivity index (χ2n) is 3.90. The molecule has 0 spiro atoms. The first-order valence-corrected chi connectivity index (χ1v) is 6.06. The molecule has 1 N–H and O–H groups in total. The fourth-order valence-electron chi connectivity index (χ4n) is 1.61. The summed E-state index contributed by atoms with van der Waals surface area (Å²) in [5, 5.41) is 15.9. The van der Waals surface area contributed by atoms with Crippen molar-refractivity contribution in [2.24, 2.45) is 0 Å². The zero-order valence-corrected chi connectivity index (χ0v) is 11.3. The second-order valence-corrected chi connectivity index (χ2v) is 4.82. The summed E-state index contributed by atoms with van der Waals surface area (Å²) >= 11 is 2.99. The molecule has 5 nitrogen and oxygen atoms in total. The molecule has 0 radical (unpaired) electrons. The van der Waals surface area contributed by atoms with Crippen molar-refractivity contribution in [1.82, 2.24) is 15.0 Å². The number of aliphatic carboxylic acids is 1. The summed E-state index contributed by atoms with van der Waals surface area (Å²) < 4.78 is 39.5. The third-order valence-electron chi connectivity index (χ3n) is 2.41. The Hall–Kier alpha value is -1.90. The smallest absolute Gasteiger partial charge is 0.416 e. The van der Waals surface area contributed by atoms with E-state index in [1.807, 2.05) is 0 Å². The molecule has 0 atom stereocenters. The maximum atomic E-state index is 12.7. The van der Waals surface area contributed by atoms with E-state index in [0.29, 0.717) is 0 Å². The van der Waals surface area contributed by atoms with Gasteiger partial charge in [0.2, 0.25) is 0 Å². The number of benzene rings is 1. The van der Waals surface area contributed by atoms with Crippen LogP contribution >= 0.6 is 15.9 Å². The topological polar surface area (TPSA) is 68.0 Å². The molecule has 20 heavy (non-hydrogen) atoms. The molecule has 0 saturated carbocycles. The van der Waals surface area contributed by atoms with Gasteiger partial charge in [-0.15, -0.1) is 5.10 Å². The lowest BCUT2D eigenvalue weighted by Crippen LogP contribution is -2.10. The summed E-state index contributed by atoms with van der Waals surface area (Å²) in [7, 11) is 0. The Labute approximate surface area is 119 Å². The monoisotopic (exact) mass is 349 g/mol. The normalized spacial score (nSPS) is 11.6. The van der Waals surface area contributed by atoms with Gasteiger partial charge in [0.25, 0.3) is 0 Å². The number of halogens is 4. The Morgan fingerprint density at radius 1 is 1.35 bits per heavy atom. The minimum Gasteiger partial charge on any atom is -0.481 e. The van der Waals surface area contributed by atoms with Crippen LogP contribution in [0.15, 0.2) is 28.9 Å². The molecule has 106 valence electrons. The molecule has 0 aliphatic rings. The van der Waals surface area contributed by atoms with Gasteiger partial charge in [-0.3, -0.25) is 4.79 Å². The predicted octanol–water partition coefficient (Wildman–Crippen LogP) is 2.68. The summed E-state index contributed by atoms with van der Waals surface area (Å²) in [6, 6.07) is 3.21. The lowest BCUT2D eigenvalue weighted by Gasteiger charge is -2.11. The van der Waals surface area contributed by atoms with Crippen LogP contribution in [0.5, 0.6) is 0 Å². The minimum atomic E-state index is -4.51. The fraction of sp³-hybridized carbons (Fsp3) is 0.182. The SMILES string of the molecule is O=C(O)Cc1cnnn1-c1cc(Br)cc(C(F)(F)F)c1. The molecule has 0 aliphatic heterocycles. The van der Waals surface area contributed by atoms with Crippen LogP contribution < -0.4 is 0 Å². The van der Waals surface area contributed by atoms with Gasteiger partial charge in [-0.2, -0.15) is 13.2 Å². The molecular formula is C11H7BrF3N3O2. The zero-order valence-electron chi connectivity index (χ0n) is 9.73. The van der Waals surface area contributed by atoms with E-state index in [9.17, 15) is 18.0 Å². The van der Waals surface area contributed by atoms with Crippen LogP contribution in [0.3, 0.4) is 0 Å². The number of aromatic nitrogens is 3. The highest BCUT2D eigenvalue weighted by Gasteiger charge is 2.31. The van der Waals surface area contributed by atoms with E-state index in [0.717, 1.165) is 16.8 Å². The molecule has 9 heteroatoms. The van der Waals surface area contributed by atoms with Gasteiger partial charge in [-0.25, -0.2) is 4.68 Å². The van der Waals surface area contributed by atoms with E-state index in [-0.39, 0.29) is 22.3 Å². The van der Waals surface area contributed by atoms with Gasteiger partial charge >= 0.3 is 12.1 Å². The van der Waals surface area contributed by atoms with Crippen LogP contribution in [0.4, 0.5) is 13.2 Å². The Kier molecular flexibility index (Phi) is 3.80. The highest BCUT2D eigenvalue weighted by molar-refractivity contribution is 9.10. The average molecular weight is 350 g/mol. The van der Waals surface area contributed by atoms with Crippen LogP contribution in [-0.4, -0.2) is 26.1 Å². The fourth-order valence-corrected chi connectivity index (χ4v) is 2.09. The van der Waals surface area contributed by atoms with Crippen molar-refractivity contribution in [3.63, 3.8) is 0 Å². The van der Waals surface area contributed by atoms with Gasteiger partial charge in [0.05, 0.1) is 29.6 Å². The summed E-state index contributed by atoms with van der Waals surface area (Å²) in [5.41, 5.74) is -0.595. The van der Waals surface area contributed by atoms with Crippen molar-refractivity contribution in [2.45, 2.75) is 12.6 Å². The van der Waals surface area contributed by atoms with Crippen LogP contribution in [0.1, 0.15) is 11.3 Å². The Morgan fingerprint density at radius 2 is 2.05 bits per heavy atom. The van der Waals surface area contributed by atoms with Gasteiger partial charge in [-0.1, -0.05) is 21.1 Å². The molecular weight excluding hydrogens is 343 g/mol. The number of carboxylic acid groups (broad SMARTS) is 1. The molecule has 1 heterocycles. The molecule has 0 bridgehead atoms. The van der Waals surface area contributed by atoms with Gasteiger partial charge in [0, 0.05) is 4.47 Å². The molecule has 1 aromatic heterocycles. The quantitative estimate of drug-likeness (QED) is 0.924. The molecule has 0 aliphatic carbocycles. The number of hydrogen-bond donors (Lipinski definition) is 1. The van der Waals surface area contributed by atoms with Gasteiger partial charge < -0.3 is 5.11 Å². The van der Waals surface area contributed by atoms with E-state index in [1.54, 1.807) is 0 Å². The van der Waals surface area contributed by atoms with Crippen molar-refractivity contribution in [1.29, 1.82) is 0 Å². The van der Waals surface area contributed by atoms with Gasteiger partial charge in [0.15, 0.2) is 0 Å². The Morgan fingerprint density at radius 3 is 2.65 bits per heavy atom. The van der Waals surface area contributed by atoms with Crippen molar-refractivity contribution < 1.29 is 23.1 Å². The summed E-state index contributed by atoms with van der Waals surface area (Å²) in [5.74, 6) is -1.13. The van der Waals surface area contributed by atoms with Crippen LogP contribution in [-0.2, 0) is 17.4 Å². The molecule has 0 unspecified atom stereocenters. The molecule has 0 fully saturated rings. The van der Waals surface area contributed by atoms with Gasteiger partial charge in [0.1, 0.15) is 0 Å². The zero-order chi connectivity index (χ0) is 14.9. The number of nitrogens with zero attached hydrogens (tertiary/aromatic N) is 3. The largest absolute Gasteiger partial charge is 0.481 e. The minimum absolute atomic E-state index is 0.0838. The summed E-state index contributed by atoms with van der Waals surface area (Å²) in [4.78, 5) is 10.7. The molecule has 0 saturated heterocycles. The maximum absolute atomic E-state index is 12.7. The highest BCUT2D eigenvalue weighted by Crippen LogP contribution is 2.33. The first-order chi connectivity index (χ1) is 9.27. The summed E-state index contributed by atoms with van der Waals surface area (Å²) in [6.07, 6.45) is -3.70. The number of alkyl halides is 3. The van der Waals surface area contributed by atoms with Crippen molar-refractivity contribution in [2.75, 3.05) is 0 Å². The van der Waals surface area contributed by atoms with Crippen LogP contribution in [0, 0.1) is 0 Å². The maximum Gasteiger partial charge on any atom is 0.416 e. The van der Waals surface area contributed by atoms with Crippen LogP contribution in [0.25, 0.3) is 5.69 Å². The van der Waals surface area contributed by atoms with E-state index < -0.39 is 17.7 Å². The summed E-state index contributed by atoms with van der Waals surface area (Å²) in [6.45, 7) is 0. The number of carbonyl (C=O) groups is 1. The predicted molar refractivity (Wildman–Crippen MR) is 65.4 cm³/mol. The first-order valence-electron chi connectivity index (χ1n) is 5.27. The Balaban J connectivity index is 2.51. The highest BCUT2D eigenvalue weighted by atomic mass is 79.9. The van der Waals surface area contributed by atoms with Crippen molar-refractivity contribution in [3.8, 4) is 5.69 Å². The average Bonchev–Trinajstić information content (AvgIpc) is 2.74.